The average Bonchev–Trinajstić information content (AvgIpc) is 2.27. The van der Waals surface area contributed by atoms with Gasteiger partial charge in [0.15, 0.2) is 0 Å². The van der Waals surface area contributed by atoms with E-state index in [0.29, 0.717) is 0 Å². The van der Waals surface area contributed by atoms with Crippen molar-refractivity contribution in [2.45, 2.75) is 19.4 Å². The van der Waals surface area contributed by atoms with Crippen LogP contribution in [0.5, 0.6) is 0 Å². The van der Waals surface area contributed by atoms with Gasteiger partial charge in [0, 0.05) is 35.8 Å². The highest BCUT2D eigenvalue weighted by atomic mass is 19.1. The van der Waals surface area contributed by atoms with Gasteiger partial charge in [-0.15, -0.1) is 0 Å². The van der Waals surface area contributed by atoms with Crippen molar-refractivity contribution in [2.75, 3.05) is 6.61 Å². The monoisotopic (exact) mass is 242 g/mol. The SMILES string of the molecule is CC(CO)[C@](C)(N)c1cc([N+](=O)[O-])ccc1F. The minimum absolute atomic E-state index is 0.0354. The third kappa shape index (κ3) is 2.59. The maximum absolute atomic E-state index is 13.6. The Morgan fingerprint density at radius 2 is 2.24 bits per heavy atom. The Bertz CT molecular complexity index is 435. The molecule has 5 nitrogen and oxygen atoms in total. The number of hydrogen-bond donors (Lipinski definition) is 2. The van der Waals surface area contributed by atoms with Gasteiger partial charge in [-0.2, -0.15) is 0 Å². The van der Waals surface area contributed by atoms with Crippen LogP contribution in [0.25, 0.3) is 0 Å². The van der Waals surface area contributed by atoms with Crippen LogP contribution in [0.15, 0.2) is 18.2 Å². The fourth-order valence-electron chi connectivity index (χ4n) is 1.49. The van der Waals surface area contributed by atoms with Gasteiger partial charge in [0.2, 0.25) is 0 Å². The molecule has 0 aliphatic rings. The molecule has 1 rings (SSSR count). The molecule has 0 fully saturated rings. The summed E-state index contributed by atoms with van der Waals surface area (Å²) in [5.41, 5.74) is 4.59. The number of nitrogens with zero attached hydrogens (tertiary/aromatic N) is 1. The van der Waals surface area contributed by atoms with E-state index in [1.807, 2.05) is 0 Å². The number of aliphatic hydroxyl groups is 1. The molecule has 0 spiro atoms. The summed E-state index contributed by atoms with van der Waals surface area (Å²) in [6, 6.07) is 3.21. The smallest absolute Gasteiger partial charge is 0.269 e. The summed E-state index contributed by atoms with van der Waals surface area (Å²) in [6.07, 6.45) is 0. The molecule has 17 heavy (non-hydrogen) atoms. The highest BCUT2D eigenvalue weighted by Gasteiger charge is 2.32. The van der Waals surface area contributed by atoms with E-state index in [2.05, 4.69) is 0 Å². The largest absolute Gasteiger partial charge is 0.396 e. The van der Waals surface area contributed by atoms with E-state index in [0.717, 1.165) is 18.2 Å². The summed E-state index contributed by atoms with van der Waals surface area (Å²) < 4.78 is 13.6. The molecular formula is C11H15FN2O3. The second kappa shape index (κ2) is 4.77. The lowest BCUT2D eigenvalue weighted by atomic mass is 9.81. The average molecular weight is 242 g/mol. The summed E-state index contributed by atoms with van der Waals surface area (Å²) in [6.45, 7) is 2.96. The number of halogens is 1. The predicted molar refractivity (Wildman–Crippen MR) is 60.8 cm³/mol. The highest BCUT2D eigenvalue weighted by Crippen LogP contribution is 2.30. The van der Waals surface area contributed by atoms with Crippen molar-refractivity contribution in [2.24, 2.45) is 11.7 Å². The van der Waals surface area contributed by atoms with Crippen molar-refractivity contribution in [3.05, 3.63) is 39.7 Å². The first-order chi connectivity index (χ1) is 7.80. The number of rotatable bonds is 4. The second-order valence-electron chi connectivity index (χ2n) is 4.29. The van der Waals surface area contributed by atoms with Crippen LogP contribution in [0.3, 0.4) is 0 Å². The van der Waals surface area contributed by atoms with Gasteiger partial charge in [0.25, 0.3) is 5.69 Å². The molecule has 6 heteroatoms. The van der Waals surface area contributed by atoms with E-state index in [1.54, 1.807) is 6.92 Å². The highest BCUT2D eigenvalue weighted by molar-refractivity contribution is 5.39. The van der Waals surface area contributed by atoms with Gasteiger partial charge in [-0.25, -0.2) is 4.39 Å². The fourth-order valence-corrected chi connectivity index (χ4v) is 1.49. The van der Waals surface area contributed by atoms with Crippen LogP contribution >= 0.6 is 0 Å². The maximum Gasteiger partial charge on any atom is 0.269 e. The van der Waals surface area contributed by atoms with Crippen LogP contribution in [0.2, 0.25) is 0 Å². The Morgan fingerprint density at radius 1 is 1.65 bits per heavy atom. The molecule has 94 valence electrons. The topological polar surface area (TPSA) is 89.4 Å². The normalized spacial score (nSPS) is 16.3. The Morgan fingerprint density at radius 3 is 2.71 bits per heavy atom. The number of non-ortho nitro benzene ring substituents is 1. The Hall–Kier alpha value is -1.53. The lowest BCUT2D eigenvalue weighted by Crippen LogP contribution is -2.42. The van der Waals surface area contributed by atoms with Crippen molar-refractivity contribution in [1.82, 2.24) is 0 Å². The van der Waals surface area contributed by atoms with Crippen LogP contribution in [0.4, 0.5) is 10.1 Å². The molecule has 1 aromatic carbocycles. The molecule has 0 bridgehead atoms. The number of aliphatic hydroxyl groups excluding tert-OH is 1. The summed E-state index contributed by atoms with van der Waals surface area (Å²) in [5, 5.41) is 19.7. The van der Waals surface area contributed by atoms with E-state index < -0.39 is 22.2 Å². The first-order valence-electron chi connectivity index (χ1n) is 5.14. The number of nitro benzene ring substituents is 1. The van der Waals surface area contributed by atoms with Crippen LogP contribution in [-0.4, -0.2) is 16.6 Å². The fraction of sp³-hybridized carbons (Fsp3) is 0.455. The molecule has 0 heterocycles. The molecule has 0 aliphatic carbocycles. The molecule has 3 N–H and O–H groups in total. The number of nitrogens with two attached hydrogens (primary N) is 1. The number of hydrogen-bond acceptors (Lipinski definition) is 4. The van der Waals surface area contributed by atoms with Gasteiger partial charge < -0.3 is 10.8 Å². The molecule has 1 unspecified atom stereocenters. The van der Waals surface area contributed by atoms with Crippen molar-refractivity contribution < 1.29 is 14.4 Å². The van der Waals surface area contributed by atoms with Gasteiger partial charge in [0.1, 0.15) is 5.82 Å². The molecule has 0 saturated heterocycles. The third-order valence-electron chi connectivity index (χ3n) is 3.04. The van der Waals surface area contributed by atoms with Crippen LogP contribution in [0.1, 0.15) is 19.4 Å². The van der Waals surface area contributed by atoms with Crippen molar-refractivity contribution in [3.8, 4) is 0 Å². The van der Waals surface area contributed by atoms with Crippen molar-refractivity contribution in [3.63, 3.8) is 0 Å². The van der Waals surface area contributed by atoms with Crippen molar-refractivity contribution in [1.29, 1.82) is 0 Å². The van der Waals surface area contributed by atoms with Crippen LogP contribution in [-0.2, 0) is 5.54 Å². The molecule has 0 aromatic heterocycles. The molecule has 2 atom stereocenters. The summed E-state index contributed by atoms with van der Waals surface area (Å²) in [7, 11) is 0. The standard InChI is InChI=1S/C11H15FN2O3/c1-7(6-15)11(2,13)9-5-8(14(16)17)3-4-10(9)12/h3-5,7,15H,6,13H2,1-2H3/t7?,11-/m0/s1. The van der Waals surface area contributed by atoms with Crippen LogP contribution < -0.4 is 5.73 Å². The predicted octanol–water partition coefficient (Wildman–Crippen LogP) is 1.54. The molecule has 0 aliphatic heterocycles. The quantitative estimate of drug-likeness (QED) is 0.619. The first kappa shape index (κ1) is 13.5. The zero-order valence-corrected chi connectivity index (χ0v) is 9.68. The van der Waals surface area contributed by atoms with E-state index in [-0.39, 0.29) is 17.9 Å². The van der Waals surface area contributed by atoms with E-state index in [4.69, 9.17) is 10.8 Å². The zero-order chi connectivity index (χ0) is 13.2. The first-order valence-corrected chi connectivity index (χ1v) is 5.14. The summed E-state index contributed by atoms with van der Waals surface area (Å²) in [5.74, 6) is -1.03. The zero-order valence-electron chi connectivity index (χ0n) is 9.68. The minimum Gasteiger partial charge on any atom is -0.396 e. The number of benzene rings is 1. The van der Waals surface area contributed by atoms with E-state index >= 15 is 0 Å². The molecule has 0 amide bonds. The van der Waals surface area contributed by atoms with Gasteiger partial charge in [-0.3, -0.25) is 10.1 Å². The summed E-state index contributed by atoms with van der Waals surface area (Å²) >= 11 is 0. The van der Waals surface area contributed by atoms with Gasteiger partial charge in [-0.05, 0) is 13.0 Å². The number of nitro groups is 1. The van der Waals surface area contributed by atoms with E-state index in [1.165, 1.54) is 6.92 Å². The lowest BCUT2D eigenvalue weighted by molar-refractivity contribution is -0.385. The van der Waals surface area contributed by atoms with Gasteiger partial charge >= 0.3 is 0 Å². The van der Waals surface area contributed by atoms with Gasteiger partial charge in [-0.1, -0.05) is 6.92 Å². The minimum atomic E-state index is -1.16. The Kier molecular flexibility index (Phi) is 3.79. The maximum atomic E-state index is 13.6. The summed E-state index contributed by atoms with van der Waals surface area (Å²) in [4.78, 5) is 10.0. The lowest BCUT2D eigenvalue weighted by Gasteiger charge is -2.31. The second-order valence-corrected chi connectivity index (χ2v) is 4.29. The molecular weight excluding hydrogens is 227 g/mol. The van der Waals surface area contributed by atoms with E-state index in [9.17, 15) is 14.5 Å². The molecule has 1 aromatic rings. The molecule has 0 radical (unpaired) electrons. The van der Waals surface area contributed by atoms with Crippen LogP contribution in [0, 0.1) is 21.8 Å². The van der Waals surface area contributed by atoms with Crippen molar-refractivity contribution >= 4 is 5.69 Å². The van der Waals surface area contributed by atoms with Gasteiger partial charge in [0.05, 0.1) is 4.92 Å². The molecule has 0 saturated carbocycles. The Balaban J connectivity index is 3.29. The third-order valence-corrected chi connectivity index (χ3v) is 3.04. The Labute approximate surface area is 98.2 Å².